The van der Waals surface area contributed by atoms with Gasteiger partial charge in [0.2, 0.25) is 0 Å². The predicted octanol–water partition coefficient (Wildman–Crippen LogP) is 2.61. The zero-order chi connectivity index (χ0) is 16.0. The van der Waals surface area contributed by atoms with E-state index in [1.807, 2.05) is 0 Å². The van der Waals surface area contributed by atoms with Crippen LogP contribution in [0.3, 0.4) is 0 Å². The number of hydrogen-bond acceptors (Lipinski definition) is 2. The Morgan fingerprint density at radius 1 is 1.20 bits per heavy atom. The second-order valence-electron chi connectivity index (χ2n) is 4.85. The maximum atomic E-state index is 12.4. The Balaban J connectivity index is 4.93. The normalized spacial score (nSPS) is 14.5. The summed E-state index contributed by atoms with van der Waals surface area (Å²) in [6, 6.07) is -1.01. The minimum atomic E-state index is -4.52. The van der Waals surface area contributed by atoms with Crippen molar-refractivity contribution >= 4 is 12.0 Å². The molecule has 0 rings (SSSR count). The van der Waals surface area contributed by atoms with E-state index in [0.717, 1.165) is 0 Å². The number of alkyl halides is 3. The summed E-state index contributed by atoms with van der Waals surface area (Å²) in [5, 5.41) is 11.3. The highest BCUT2D eigenvalue weighted by Crippen LogP contribution is 2.18. The molecule has 0 aromatic carbocycles. The Hall–Kier alpha value is -1.47. The lowest BCUT2D eigenvalue weighted by Gasteiger charge is -2.31. The third-order valence-corrected chi connectivity index (χ3v) is 2.76. The number of carboxylic acid groups (broad SMARTS) is 1. The molecule has 0 fully saturated rings. The van der Waals surface area contributed by atoms with Crippen molar-refractivity contribution in [2.75, 3.05) is 13.1 Å². The van der Waals surface area contributed by atoms with Gasteiger partial charge in [0, 0.05) is 6.54 Å². The number of amides is 2. The van der Waals surface area contributed by atoms with E-state index in [-0.39, 0.29) is 13.0 Å². The number of aliphatic carboxylic acids is 1. The Morgan fingerprint density at radius 3 is 2.10 bits per heavy atom. The molecule has 20 heavy (non-hydrogen) atoms. The molecule has 0 aliphatic rings. The SMILES string of the molecule is CCCN(CC(F)(F)F)C(=O)NC(C)(CCC)C(=O)O. The molecule has 0 heterocycles. The van der Waals surface area contributed by atoms with Crippen LogP contribution in [0.4, 0.5) is 18.0 Å². The molecule has 1 atom stereocenters. The van der Waals surface area contributed by atoms with Gasteiger partial charge in [0.15, 0.2) is 0 Å². The standard InChI is InChI=1S/C12H21F3N2O3/c1-4-6-11(3,9(18)19)16-10(20)17(7-5-2)8-12(13,14)15/h4-8H2,1-3H3,(H,16,20)(H,18,19). The minimum Gasteiger partial charge on any atom is -0.480 e. The van der Waals surface area contributed by atoms with Crippen molar-refractivity contribution in [2.24, 2.45) is 0 Å². The van der Waals surface area contributed by atoms with Crippen LogP contribution in [-0.4, -0.2) is 46.8 Å². The number of rotatable bonds is 7. The highest BCUT2D eigenvalue weighted by molar-refractivity contribution is 5.85. The van der Waals surface area contributed by atoms with Gasteiger partial charge in [-0.1, -0.05) is 20.3 Å². The fourth-order valence-corrected chi connectivity index (χ4v) is 1.78. The lowest BCUT2D eigenvalue weighted by atomic mass is 9.96. The summed E-state index contributed by atoms with van der Waals surface area (Å²) >= 11 is 0. The number of nitrogens with one attached hydrogen (secondary N) is 1. The average Bonchev–Trinajstić information content (AvgIpc) is 2.26. The molecule has 0 aromatic rings. The molecule has 0 aromatic heterocycles. The fraction of sp³-hybridized carbons (Fsp3) is 0.833. The fourth-order valence-electron chi connectivity index (χ4n) is 1.78. The number of urea groups is 1. The Kier molecular flexibility index (Phi) is 6.81. The first-order valence-electron chi connectivity index (χ1n) is 6.43. The Bertz CT molecular complexity index is 347. The van der Waals surface area contributed by atoms with Crippen molar-refractivity contribution in [1.82, 2.24) is 10.2 Å². The summed E-state index contributed by atoms with van der Waals surface area (Å²) < 4.78 is 37.2. The zero-order valence-corrected chi connectivity index (χ0v) is 11.9. The van der Waals surface area contributed by atoms with E-state index in [2.05, 4.69) is 5.32 Å². The second kappa shape index (κ2) is 7.35. The number of halogens is 3. The van der Waals surface area contributed by atoms with Crippen LogP contribution in [-0.2, 0) is 4.79 Å². The molecule has 2 amide bonds. The number of carbonyl (C=O) groups is 2. The first-order chi connectivity index (χ1) is 9.05. The zero-order valence-electron chi connectivity index (χ0n) is 11.9. The monoisotopic (exact) mass is 298 g/mol. The van der Waals surface area contributed by atoms with Crippen molar-refractivity contribution in [3.05, 3.63) is 0 Å². The predicted molar refractivity (Wildman–Crippen MR) is 67.4 cm³/mol. The van der Waals surface area contributed by atoms with Gasteiger partial charge in [-0.15, -0.1) is 0 Å². The van der Waals surface area contributed by atoms with E-state index in [1.54, 1.807) is 13.8 Å². The van der Waals surface area contributed by atoms with E-state index < -0.39 is 30.3 Å². The second-order valence-corrected chi connectivity index (χ2v) is 4.85. The van der Waals surface area contributed by atoms with Gasteiger partial charge in [0.1, 0.15) is 12.1 Å². The summed E-state index contributed by atoms with van der Waals surface area (Å²) in [5.41, 5.74) is -1.57. The molecule has 5 nitrogen and oxygen atoms in total. The molecule has 0 saturated carbocycles. The highest BCUT2D eigenvalue weighted by atomic mass is 19.4. The van der Waals surface area contributed by atoms with Crippen LogP contribution in [0.1, 0.15) is 40.0 Å². The van der Waals surface area contributed by atoms with Gasteiger partial charge < -0.3 is 15.3 Å². The van der Waals surface area contributed by atoms with Gasteiger partial charge in [-0.2, -0.15) is 13.2 Å². The van der Waals surface area contributed by atoms with Crippen LogP contribution in [0, 0.1) is 0 Å². The third kappa shape index (κ3) is 6.12. The molecule has 0 saturated heterocycles. The van der Waals surface area contributed by atoms with Crippen LogP contribution < -0.4 is 5.32 Å². The van der Waals surface area contributed by atoms with Gasteiger partial charge in [0.25, 0.3) is 0 Å². The molecule has 0 aliphatic carbocycles. The van der Waals surface area contributed by atoms with E-state index >= 15 is 0 Å². The molecule has 118 valence electrons. The minimum absolute atomic E-state index is 0.0901. The quantitative estimate of drug-likeness (QED) is 0.759. The molecular weight excluding hydrogens is 277 g/mol. The van der Waals surface area contributed by atoms with Gasteiger partial charge in [-0.05, 0) is 19.8 Å². The van der Waals surface area contributed by atoms with Crippen molar-refractivity contribution in [2.45, 2.75) is 51.7 Å². The Morgan fingerprint density at radius 2 is 1.75 bits per heavy atom. The van der Waals surface area contributed by atoms with Crippen LogP contribution in [0.5, 0.6) is 0 Å². The molecule has 0 radical (unpaired) electrons. The van der Waals surface area contributed by atoms with Gasteiger partial charge in [0.05, 0.1) is 0 Å². The van der Waals surface area contributed by atoms with Gasteiger partial charge >= 0.3 is 18.2 Å². The van der Waals surface area contributed by atoms with Crippen LogP contribution in [0.2, 0.25) is 0 Å². The molecule has 2 N–H and O–H groups in total. The number of carbonyl (C=O) groups excluding carboxylic acids is 1. The number of hydrogen-bond donors (Lipinski definition) is 2. The van der Waals surface area contributed by atoms with E-state index in [0.29, 0.717) is 17.7 Å². The largest absolute Gasteiger partial charge is 0.480 e. The van der Waals surface area contributed by atoms with E-state index in [9.17, 15) is 22.8 Å². The topological polar surface area (TPSA) is 69.6 Å². The van der Waals surface area contributed by atoms with Crippen LogP contribution in [0.25, 0.3) is 0 Å². The molecule has 0 spiro atoms. The van der Waals surface area contributed by atoms with Crippen LogP contribution >= 0.6 is 0 Å². The maximum absolute atomic E-state index is 12.4. The van der Waals surface area contributed by atoms with Crippen molar-refractivity contribution in [3.8, 4) is 0 Å². The first-order valence-corrected chi connectivity index (χ1v) is 6.43. The van der Waals surface area contributed by atoms with Gasteiger partial charge in [-0.3, -0.25) is 0 Å². The number of nitrogens with zero attached hydrogens (tertiary/aromatic N) is 1. The lowest BCUT2D eigenvalue weighted by Crippen LogP contribution is -2.57. The van der Waals surface area contributed by atoms with Crippen molar-refractivity contribution in [1.29, 1.82) is 0 Å². The summed E-state index contributed by atoms with van der Waals surface area (Å²) in [6.45, 7) is 3.17. The first kappa shape index (κ1) is 18.5. The number of carboxylic acids is 1. The smallest absolute Gasteiger partial charge is 0.406 e. The molecule has 0 aliphatic heterocycles. The molecular formula is C12H21F3N2O3. The van der Waals surface area contributed by atoms with Crippen molar-refractivity contribution in [3.63, 3.8) is 0 Å². The Labute approximate surface area is 116 Å². The molecule has 0 bridgehead atoms. The summed E-state index contributed by atoms with van der Waals surface area (Å²) in [5.74, 6) is -1.27. The van der Waals surface area contributed by atoms with E-state index in [1.165, 1.54) is 6.92 Å². The van der Waals surface area contributed by atoms with Crippen LogP contribution in [0.15, 0.2) is 0 Å². The molecule has 1 unspecified atom stereocenters. The average molecular weight is 298 g/mol. The highest BCUT2D eigenvalue weighted by Gasteiger charge is 2.38. The third-order valence-electron chi connectivity index (χ3n) is 2.76. The maximum Gasteiger partial charge on any atom is 0.406 e. The van der Waals surface area contributed by atoms with Crippen molar-refractivity contribution < 1.29 is 27.9 Å². The summed E-state index contributed by atoms with van der Waals surface area (Å²) in [4.78, 5) is 23.6. The molecule has 8 heteroatoms. The van der Waals surface area contributed by atoms with E-state index in [4.69, 9.17) is 5.11 Å². The summed E-state index contributed by atoms with van der Waals surface area (Å²) in [7, 11) is 0. The van der Waals surface area contributed by atoms with Gasteiger partial charge in [-0.25, -0.2) is 9.59 Å². The summed E-state index contributed by atoms with van der Waals surface area (Å²) in [6.07, 6.45) is -3.55. The lowest BCUT2D eigenvalue weighted by molar-refractivity contribution is -0.144.